The molecule has 9 heteroatoms. The Morgan fingerprint density at radius 3 is 2.40 bits per heavy atom. The van der Waals surface area contributed by atoms with Crippen molar-refractivity contribution in [1.82, 2.24) is 5.32 Å². The summed E-state index contributed by atoms with van der Waals surface area (Å²) in [7, 11) is 0. The van der Waals surface area contributed by atoms with Crippen LogP contribution < -0.4 is 10.6 Å². The normalized spacial score (nSPS) is 10.2. The summed E-state index contributed by atoms with van der Waals surface area (Å²) in [5, 5.41) is 16.5. The highest BCUT2D eigenvalue weighted by atomic mass is 35.5. The summed E-state index contributed by atoms with van der Waals surface area (Å²) in [6.45, 7) is 0.0971. The lowest BCUT2D eigenvalue weighted by Gasteiger charge is -2.08. The van der Waals surface area contributed by atoms with Gasteiger partial charge in [0.05, 0.1) is 15.6 Å². The highest BCUT2D eigenvalue weighted by Gasteiger charge is 2.11. The third-order valence-electron chi connectivity index (χ3n) is 3.18. The van der Waals surface area contributed by atoms with Crippen LogP contribution in [0.5, 0.6) is 0 Å². The van der Waals surface area contributed by atoms with Crippen LogP contribution in [0.1, 0.15) is 16.8 Å². The van der Waals surface area contributed by atoms with Crippen LogP contribution in [0.15, 0.2) is 42.5 Å². The molecule has 0 spiro atoms. The lowest BCUT2D eigenvalue weighted by molar-refractivity contribution is -0.384. The molecule has 0 aliphatic heterocycles. The van der Waals surface area contributed by atoms with E-state index < -0.39 is 10.8 Å². The van der Waals surface area contributed by atoms with E-state index in [0.29, 0.717) is 15.7 Å². The summed E-state index contributed by atoms with van der Waals surface area (Å²) < 4.78 is 0. The predicted octanol–water partition coefficient (Wildman–Crippen LogP) is 3.66. The van der Waals surface area contributed by atoms with Gasteiger partial charge in [0.1, 0.15) is 0 Å². The van der Waals surface area contributed by atoms with Crippen molar-refractivity contribution in [3.63, 3.8) is 0 Å². The number of non-ortho nitro benzene ring substituents is 1. The number of hydrogen-bond donors (Lipinski definition) is 2. The molecule has 0 fully saturated rings. The third kappa shape index (κ3) is 5.44. The molecule has 0 saturated carbocycles. The van der Waals surface area contributed by atoms with Crippen LogP contribution in [0.3, 0.4) is 0 Å². The van der Waals surface area contributed by atoms with Crippen LogP contribution in [0, 0.1) is 10.1 Å². The molecule has 130 valence electrons. The van der Waals surface area contributed by atoms with Gasteiger partial charge < -0.3 is 10.6 Å². The van der Waals surface area contributed by atoms with Gasteiger partial charge in [-0.1, -0.05) is 23.2 Å². The van der Waals surface area contributed by atoms with Crippen molar-refractivity contribution < 1.29 is 14.5 Å². The highest BCUT2D eigenvalue weighted by molar-refractivity contribution is 6.35. The SMILES string of the molecule is O=C(CCNC(=O)c1ccc([N+](=O)[O-])cc1)Nc1cc(Cl)ccc1Cl. The second-order valence-corrected chi connectivity index (χ2v) is 5.83. The molecule has 2 rings (SSSR count). The van der Waals surface area contributed by atoms with Crippen LogP contribution in [-0.2, 0) is 4.79 Å². The Hall–Kier alpha value is -2.64. The summed E-state index contributed by atoms with van der Waals surface area (Å²) in [5.41, 5.74) is 0.555. The molecular formula is C16H13Cl2N3O4. The van der Waals surface area contributed by atoms with Crippen LogP contribution in [0.2, 0.25) is 10.0 Å². The minimum atomic E-state index is -0.549. The largest absolute Gasteiger partial charge is 0.352 e. The molecule has 2 N–H and O–H groups in total. The smallest absolute Gasteiger partial charge is 0.269 e. The molecule has 2 amide bonds. The zero-order chi connectivity index (χ0) is 18.4. The van der Waals surface area contributed by atoms with Gasteiger partial charge in [-0.15, -0.1) is 0 Å². The molecule has 0 unspecified atom stereocenters. The number of hydrogen-bond acceptors (Lipinski definition) is 4. The molecular weight excluding hydrogens is 369 g/mol. The minimum Gasteiger partial charge on any atom is -0.352 e. The van der Waals surface area contributed by atoms with Crippen molar-refractivity contribution in [2.45, 2.75) is 6.42 Å². The number of carbonyl (C=O) groups is 2. The molecule has 0 saturated heterocycles. The number of nitro benzene ring substituents is 1. The zero-order valence-corrected chi connectivity index (χ0v) is 14.3. The second kappa shape index (κ2) is 8.46. The van der Waals surface area contributed by atoms with Gasteiger partial charge in [0.2, 0.25) is 5.91 Å². The van der Waals surface area contributed by atoms with E-state index in [-0.39, 0.29) is 30.1 Å². The highest BCUT2D eigenvalue weighted by Crippen LogP contribution is 2.25. The average Bonchev–Trinajstić information content (AvgIpc) is 2.58. The van der Waals surface area contributed by atoms with Crippen molar-refractivity contribution in [2.24, 2.45) is 0 Å². The molecule has 2 aromatic rings. The maximum Gasteiger partial charge on any atom is 0.269 e. The summed E-state index contributed by atoms with van der Waals surface area (Å²) in [4.78, 5) is 33.8. The average molecular weight is 382 g/mol. The van der Waals surface area contributed by atoms with Crippen molar-refractivity contribution >= 4 is 46.4 Å². The first-order chi connectivity index (χ1) is 11.9. The summed E-state index contributed by atoms with van der Waals surface area (Å²) in [5.74, 6) is -0.767. The molecule has 0 heterocycles. The number of benzene rings is 2. The number of halogens is 2. The Labute approximate surface area is 153 Å². The fraction of sp³-hybridized carbons (Fsp3) is 0.125. The van der Waals surface area contributed by atoms with E-state index in [1.165, 1.54) is 30.3 Å². The Morgan fingerprint density at radius 2 is 1.76 bits per heavy atom. The van der Waals surface area contributed by atoms with E-state index in [4.69, 9.17) is 23.2 Å². The van der Waals surface area contributed by atoms with Crippen molar-refractivity contribution in [3.05, 3.63) is 68.2 Å². The van der Waals surface area contributed by atoms with Gasteiger partial charge >= 0.3 is 0 Å². The number of rotatable bonds is 6. The molecule has 2 aromatic carbocycles. The maximum atomic E-state index is 11.9. The number of nitro groups is 1. The Balaban J connectivity index is 1.83. The summed E-state index contributed by atoms with van der Waals surface area (Å²) in [6, 6.07) is 9.86. The maximum absolute atomic E-state index is 11.9. The predicted molar refractivity (Wildman–Crippen MR) is 95.1 cm³/mol. The molecule has 0 atom stereocenters. The van der Waals surface area contributed by atoms with Crippen molar-refractivity contribution in [3.8, 4) is 0 Å². The summed E-state index contributed by atoms with van der Waals surface area (Å²) in [6.07, 6.45) is 0.0293. The van der Waals surface area contributed by atoms with Gasteiger partial charge in [0, 0.05) is 35.7 Å². The molecule has 25 heavy (non-hydrogen) atoms. The fourth-order valence-corrected chi connectivity index (χ4v) is 2.27. The van der Waals surface area contributed by atoms with Crippen LogP contribution in [0.4, 0.5) is 11.4 Å². The Kier molecular flexibility index (Phi) is 6.32. The van der Waals surface area contributed by atoms with Gasteiger partial charge in [-0.3, -0.25) is 19.7 Å². The first kappa shape index (κ1) is 18.7. The van der Waals surface area contributed by atoms with E-state index in [2.05, 4.69) is 10.6 Å². The number of nitrogens with zero attached hydrogens (tertiary/aromatic N) is 1. The molecule has 0 aliphatic carbocycles. The van der Waals surface area contributed by atoms with Gasteiger partial charge in [0.25, 0.3) is 11.6 Å². The minimum absolute atomic E-state index is 0.0293. The molecule has 0 aliphatic rings. The van der Waals surface area contributed by atoms with E-state index >= 15 is 0 Å². The van der Waals surface area contributed by atoms with Crippen LogP contribution in [0.25, 0.3) is 0 Å². The summed E-state index contributed by atoms with van der Waals surface area (Å²) >= 11 is 11.8. The van der Waals surface area contributed by atoms with Gasteiger partial charge in [-0.25, -0.2) is 0 Å². The standard InChI is InChI=1S/C16H13Cl2N3O4/c17-11-3-6-13(18)14(9-11)20-15(22)7-8-19-16(23)10-1-4-12(5-2-10)21(24)25/h1-6,9H,7-8H2,(H,19,23)(H,20,22). The zero-order valence-electron chi connectivity index (χ0n) is 12.8. The van der Waals surface area contributed by atoms with Crippen LogP contribution >= 0.6 is 23.2 Å². The third-order valence-corrected chi connectivity index (χ3v) is 3.75. The first-order valence-corrected chi connectivity index (χ1v) is 7.90. The molecule has 0 bridgehead atoms. The monoisotopic (exact) mass is 381 g/mol. The van der Waals surface area contributed by atoms with Gasteiger partial charge in [-0.05, 0) is 30.3 Å². The molecule has 0 aromatic heterocycles. The quantitative estimate of drug-likeness (QED) is 0.588. The van der Waals surface area contributed by atoms with E-state index in [1.807, 2.05) is 0 Å². The van der Waals surface area contributed by atoms with E-state index in [1.54, 1.807) is 12.1 Å². The Morgan fingerprint density at radius 1 is 1.08 bits per heavy atom. The number of anilines is 1. The topological polar surface area (TPSA) is 101 Å². The van der Waals surface area contributed by atoms with Crippen LogP contribution in [-0.4, -0.2) is 23.3 Å². The fourth-order valence-electron chi connectivity index (χ4n) is 1.93. The van der Waals surface area contributed by atoms with E-state index in [0.717, 1.165) is 0 Å². The van der Waals surface area contributed by atoms with Crippen molar-refractivity contribution in [1.29, 1.82) is 0 Å². The number of amides is 2. The number of carbonyl (C=O) groups excluding carboxylic acids is 2. The lowest BCUT2D eigenvalue weighted by atomic mass is 10.2. The second-order valence-electron chi connectivity index (χ2n) is 4.98. The van der Waals surface area contributed by atoms with Gasteiger partial charge in [-0.2, -0.15) is 0 Å². The number of nitrogens with one attached hydrogen (secondary N) is 2. The van der Waals surface area contributed by atoms with Crippen molar-refractivity contribution in [2.75, 3.05) is 11.9 Å². The molecule has 7 nitrogen and oxygen atoms in total. The first-order valence-electron chi connectivity index (χ1n) is 7.14. The van der Waals surface area contributed by atoms with E-state index in [9.17, 15) is 19.7 Å². The Bertz CT molecular complexity index is 810. The molecule has 0 radical (unpaired) electrons. The van der Waals surface area contributed by atoms with Gasteiger partial charge in [0.15, 0.2) is 0 Å². The lowest BCUT2D eigenvalue weighted by Crippen LogP contribution is -2.27.